The van der Waals surface area contributed by atoms with E-state index in [1.54, 1.807) is 24.3 Å². The topological polar surface area (TPSA) is 100 Å². The van der Waals surface area contributed by atoms with Crippen LogP contribution in [0.2, 0.25) is 0 Å². The molecule has 0 spiro atoms. The van der Waals surface area contributed by atoms with Crippen LogP contribution in [0, 0.1) is 17.1 Å². The zero-order valence-electron chi connectivity index (χ0n) is 16.9. The fraction of sp³-hybridized carbons (Fsp3) is 0.227. The Balaban J connectivity index is 1.81. The summed E-state index contributed by atoms with van der Waals surface area (Å²) in [4.78, 5) is 24.5. The van der Waals surface area contributed by atoms with Gasteiger partial charge < -0.3 is 20.1 Å². The van der Waals surface area contributed by atoms with E-state index in [0.29, 0.717) is 22.1 Å². The van der Waals surface area contributed by atoms with Gasteiger partial charge in [-0.25, -0.2) is 4.39 Å². The lowest BCUT2D eigenvalue weighted by atomic mass is 9.87. The summed E-state index contributed by atoms with van der Waals surface area (Å²) in [5.74, 6) is -0.838. The fourth-order valence-corrected chi connectivity index (χ4v) is 4.05. The van der Waals surface area contributed by atoms with Crippen LogP contribution in [0.3, 0.4) is 0 Å². The monoisotopic (exact) mass is 441 g/mol. The van der Waals surface area contributed by atoms with Gasteiger partial charge in [-0.2, -0.15) is 5.26 Å². The van der Waals surface area contributed by atoms with Gasteiger partial charge in [0, 0.05) is 12.3 Å². The molecule has 0 radical (unpaired) electrons. The molecule has 0 aliphatic carbocycles. The maximum absolute atomic E-state index is 13.7. The molecule has 2 aromatic rings. The lowest BCUT2D eigenvalue weighted by Crippen LogP contribution is -2.31. The van der Waals surface area contributed by atoms with Gasteiger partial charge in [-0.15, -0.1) is 0 Å². The highest BCUT2D eigenvalue weighted by Crippen LogP contribution is 2.39. The van der Waals surface area contributed by atoms with E-state index < -0.39 is 17.6 Å². The lowest BCUT2D eigenvalue weighted by Gasteiger charge is -2.25. The van der Waals surface area contributed by atoms with E-state index in [4.69, 9.17) is 9.47 Å². The fourth-order valence-electron chi connectivity index (χ4n) is 3.17. The number of benzene rings is 2. The molecule has 0 saturated heterocycles. The van der Waals surface area contributed by atoms with Crippen LogP contribution in [0.15, 0.2) is 53.1 Å². The number of amides is 2. The first-order valence-corrected chi connectivity index (χ1v) is 10.3. The third-order valence-electron chi connectivity index (χ3n) is 4.66. The molecular weight excluding hydrogens is 421 g/mol. The number of anilines is 1. The Kier molecular flexibility index (Phi) is 7.15. The number of thioether (sulfide) groups is 1. The van der Waals surface area contributed by atoms with Crippen LogP contribution in [0.5, 0.6) is 11.5 Å². The van der Waals surface area contributed by atoms with Crippen LogP contribution in [-0.2, 0) is 9.59 Å². The Labute approximate surface area is 183 Å². The van der Waals surface area contributed by atoms with E-state index in [1.165, 1.54) is 32.4 Å². The van der Waals surface area contributed by atoms with Crippen molar-refractivity contribution >= 4 is 29.3 Å². The molecule has 0 bridgehead atoms. The van der Waals surface area contributed by atoms with Crippen LogP contribution in [0.1, 0.15) is 17.9 Å². The number of halogens is 1. The van der Waals surface area contributed by atoms with Crippen molar-refractivity contribution in [3.05, 3.63) is 64.4 Å². The number of carbonyl (C=O) groups is 2. The molecule has 9 heteroatoms. The van der Waals surface area contributed by atoms with Gasteiger partial charge in [-0.1, -0.05) is 30.0 Å². The molecule has 0 fully saturated rings. The number of carbonyl (C=O) groups excluding carboxylic acids is 2. The maximum atomic E-state index is 13.7. The molecule has 0 saturated carbocycles. The predicted octanol–water partition coefficient (Wildman–Crippen LogP) is 3.55. The number of rotatable bonds is 7. The van der Waals surface area contributed by atoms with Gasteiger partial charge >= 0.3 is 0 Å². The minimum atomic E-state index is -0.544. The second-order valence-corrected chi connectivity index (χ2v) is 7.58. The van der Waals surface area contributed by atoms with E-state index >= 15 is 0 Å². The van der Waals surface area contributed by atoms with E-state index in [0.717, 1.165) is 17.3 Å². The largest absolute Gasteiger partial charge is 0.493 e. The van der Waals surface area contributed by atoms with Crippen LogP contribution < -0.4 is 20.1 Å². The SMILES string of the molecule is COc1ccc([C@H]2CC(=O)NC(SCC(=O)Nc3ccccc3F)=C2C#N)cc1OC. The first kappa shape index (κ1) is 22.2. The van der Waals surface area contributed by atoms with Crippen molar-refractivity contribution in [1.82, 2.24) is 5.32 Å². The Hall–Kier alpha value is -3.51. The van der Waals surface area contributed by atoms with Crippen molar-refractivity contribution in [3.63, 3.8) is 0 Å². The molecule has 1 heterocycles. The summed E-state index contributed by atoms with van der Waals surface area (Å²) >= 11 is 1.02. The van der Waals surface area contributed by atoms with Crippen molar-refractivity contribution in [3.8, 4) is 17.6 Å². The zero-order chi connectivity index (χ0) is 22.4. The first-order chi connectivity index (χ1) is 15.0. The average Bonchev–Trinajstić information content (AvgIpc) is 2.78. The number of methoxy groups -OCH3 is 2. The smallest absolute Gasteiger partial charge is 0.234 e. The summed E-state index contributed by atoms with van der Waals surface area (Å²) in [5.41, 5.74) is 1.13. The molecule has 3 rings (SSSR count). The number of para-hydroxylation sites is 1. The molecule has 1 atom stereocenters. The molecule has 1 aliphatic heterocycles. The number of nitrogens with one attached hydrogen (secondary N) is 2. The summed E-state index contributed by atoms with van der Waals surface area (Å²) in [6.45, 7) is 0. The summed E-state index contributed by atoms with van der Waals surface area (Å²) in [6, 6.07) is 13.2. The molecule has 2 amide bonds. The van der Waals surface area contributed by atoms with E-state index in [9.17, 15) is 19.2 Å². The van der Waals surface area contributed by atoms with E-state index in [-0.39, 0.29) is 23.8 Å². The Bertz CT molecular complexity index is 1080. The maximum Gasteiger partial charge on any atom is 0.234 e. The number of nitriles is 1. The predicted molar refractivity (Wildman–Crippen MR) is 115 cm³/mol. The molecule has 0 aromatic heterocycles. The van der Waals surface area contributed by atoms with Crippen LogP contribution in [0.25, 0.3) is 0 Å². The molecule has 160 valence electrons. The standard InChI is InChI=1S/C22H20FN3O4S/c1-29-18-8-7-13(9-19(18)30-2)14-10-20(27)26-22(15(14)11-24)31-12-21(28)25-17-6-4-3-5-16(17)23/h3-9,14H,10,12H2,1-2H3,(H,25,28)(H,26,27)/t14-/m1/s1. The quantitative estimate of drug-likeness (QED) is 0.682. The minimum absolute atomic E-state index is 0.0680. The van der Waals surface area contributed by atoms with Crippen molar-refractivity contribution in [2.45, 2.75) is 12.3 Å². The highest BCUT2D eigenvalue weighted by Gasteiger charge is 2.30. The Morgan fingerprint density at radius 1 is 1.26 bits per heavy atom. The Morgan fingerprint density at radius 2 is 2.00 bits per heavy atom. The van der Waals surface area contributed by atoms with Crippen LogP contribution in [0.4, 0.5) is 10.1 Å². The number of nitrogens with zero attached hydrogens (tertiary/aromatic N) is 1. The van der Waals surface area contributed by atoms with Crippen molar-refractivity contribution in [1.29, 1.82) is 5.26 Å². The molecule has 2 N–H and O–H groups in total. The molecular formula is C22H20FN3O4S. The van der Waals surface area contributed by atoms with Crippen molar-refractivity contribution in [2.75, 3.05) is 25.3 Å². The van der Waals surface area contributed by atoms with E-state index in [1.807, 2.05) is 0 Å². The molecule has 2 aromatic carbocycles. The van der Waals surface area contributed by atoms with Gasteiger partial charge in [0.2, 0.25) is 11.8 Å². The van der Waals surface area contributed by atoms with Gasteiger partial charge in [-0.3, -0.25) is 9.59 Å². The third-order valence-corrected chi connectivity index (χ3v) is 5.68. The number of allylic oxidation sites excluding steroid dienone is 1. The van der Waals surface area contributed by atoms with E-state index in [2.05, 4.69) is 16.7 Å². The highest BCUT2D eigenvalue weighted by atomic mass is 32.2. The first-order valence-electron chi connectivity index (χ1n) is 9.30. The lowest BCUT2D eigenvalue weighted by molar-refractivity contribution is -0.121. The van der Waals surface area contributed by atoms with Gasteiger partial charge in [0.15, 0.2) is 11.5 Å². The minimum Gasteiger partial charge on any atom is -0.493 e. The molecule has 7 nitrogen and oxygen atoms in total. The summed E-state index contributed by atoms with van der Waals surface area (Å²) in [5, 5.41) is 15.2. The van der Waals surface area contributed by atoms with Gasteiger partial charge in [-0.05, 0) is 29.8 Å². The number of hydrogen-bond donors (Lipinski definition) is 2. The molecule has 31 heavy (non-hydrogen) atoms. The van der Waals surface area contributed by atoms with Gasteiger partial charge in [0.1, 0.15) is 5.82 Å². The number of hydrogen-bond acceptors (Lipinski definition) is 6. The van der Waals surface area contributed by atoms with Crippen molar-refractivity contribution < 1.29 is 23.5 Å². The van der Waals surface area contributed by atoms with Crippen molar-refractivity contribution in [2.24, 2.45) is 0 Å². The molecule has 1 aliphatic rings. The normalized spacial score (nSPS) is 15.7. The van der Waals surface area contributed by atoms with Gasteiger partial charge in [0.05, 0.1) is 42.3 Å². The average molecular weight is 441 g/mol. The highest BCUT2D eigenvalue weighted by molar-refractivity contribution is 8.03. The number of ether oxygens (including phenoxy) is 2. The third kappa shape index (κ3) is 5.16. The van der Waals surface area contributed by atoms with Gasteiger partial charge in [0.25, 0.3) is 0 Å². The summed E-state index contributed by atoms with van der Waals surface area (Å²) in [7, 11) is 3.03. The molecule has 0 unspecified atom stereocenters. The Morgan fingerprint density at radius 3 is 2.68 bits per heavy atom. The van der Waals surface area contributed by atoms with Crippen LogP contribution in [-0.4, -0.2) is 31.8 Å². The second kappa shape index (κ2) is 10.00. The van der Waals surface area contributed by atoms with Crippen LogP contribution >= 0.6 is 11.8 Å². The summed E-state index contributed by atoms with van der Waals surface area (Å²) < 4.78 is 24.3. The second-order valence-electron chi connectivity index (χ2n) is 6.59. The summed E-state index contributed by atoms with van der Waals surface area (Å²) in [6.07, 6.45) is 0.0872. The zero-order valence-corrected chi connectivity index (χ0v) is 17.7.